The molecule has 9 rings (SSSR count). The van der Waals surface area contributed by atoms with E-state index in [0.29, 0.717) is 17.1 Å². The van der Waals surface area contributed by atoms with Crippen molar-refractivity contribution in [3.05, 3.63) is 218 Å². The molecule has 20 radical (unpaired) electrons. The minimum Gasteiger partial charge on any atom is -0.312 e. The van der Waals surface area contributed by atoms with Crippen LogP contribution in [-0.4, -0.2) is 78.5 Å². The average molecular weight is 897 g/mol. The highest BCUT2D eigenvalue weighted by Crippen LogP contribution is 2.37. The van der Waals surface area contributed by atoms with Crippen LogP contribution in [-0.2, 0) is 0 Å². The second kappa shape index (κ2) is 21.4. The zero-order valence-electron chi connectivity index (χ0n) is 40.0. The summed E-state index contributed by atoms with van der Waals surface area (Å²) in [6, 6.07) is 41.4. The Bertz CT molecular complexity index is 3350. The number of benzene rings is 7. The Balaban J connectivity index is 0.985. The Kier molecular flexibility index (Phi) is 14.8. The Morgan fingerprint density at radius 3 is 1.32 bits per heavy atom. The molecule has 0 saturated heterocycles. The maximum atomic E-state index is 6.69. The van der Waals surface area contributed by atoms with E-state index in [4.69, 9.17) is 78.5 Å². The lowest BCUT2D eigenvalue weighted by atomic mass is 9.61. The van der Waals surface area contributed by atoms with Crippen molar-refractivity contribution in [3.8, 4) is 22.3 Å². The molecule has 320 valence electrons. The Morgan fingerprint density at radius 1 is 0.417 bits per heavy atom. The maximum Gasteiger partial charge on any atom is 0.115 e. The molecule has 2 aliphatic rings. The van der Waals surface area contributed by atoms with Gasteiger partial charge in [-0.3, -0.25) is 0 Å². The number of hydrogen-bond donors (Lipinski definition) is 0. The van der Waals surface area contributed by atoms with Gasteiger partial charge in [-0.15, -0.1) is 32.8 Å². The highest BCUT2D eigenvalue weighted by Gasteiger charge is 2.23. The van der Waals surface area contributed by atoms with Crippen LogP contribution in [0.5, 0.6) is 0 Å². The van der Waals surface area contributed by atoms with Gasteiger partial charge >= 0.3 is 0 Å². The SMILES string of the molecule is [B]c1c([B])c([B])c(N(C(=C)/C=C\C(=C)c2cccc(-c3cccc(-c4ccc(N(c5ccc(C6C=CC=CC6)cc5)c5c([B])c([B])c([B])c([B])c5[B])cc4)c3)c2)c2ccc(C3C=CC=CC3)cc2)c([B])c1[B]. The van der Waals surface area contributed by atoms with Gasteiger partial charge in [0.05, 0.1) is 0 Å². The van der Waals surface area contributed by atoms with Crippen LogP contribution in [0.15, 0.2) is 201 Å². The zero-order valence-corrected chi connectivity index (χ0v) is 40.0. The fourth-order valence-electron chi connectivity index (χ4n) is 9.34. The minimum atomic E-state index is 0.133. The zero-order chi connectivity index (χ0) is 50.8. The Morgan fingerprint density at radius 2 is 0.833 bits per heavy atom. The van der Waals surface area contributed by atoms with Gasteiger partial charge in [-0.25, -0.2) is 0 Å². The normalized spacial score (nSPS) is 14.9. The average Bonchev–Trinajstić information content (AvgIpc) is 3.43. The highest BCUT2D eigenvalue weighted by molar-refractivity contribution is 6.70. The first-order valence-electron chi connectivity index (χ1n) is 23.6. The van der Waals surface area contributed by atoms with E-state index in [1.807, 2.05) is 58.4 Å². The number of allylic oxidation sites excluding steroid dienone is 11. The predicted octanol–water partition coefficient (Wildman–Crippen LogP) is 4.55. The van der Waals surface area contributed by atoms with Crippen LogP contribution in [0, 0.1) is 0 Å². The first-order chi connectivity index (χ1) is 34.7. The van der Waals surface area contributed by atoms with E-state index in [0.717, 1.165) is 63.3 Å². The van der Waals surface area contributed by atoms with Gasteiger partial charge < -0.3 is 9.80 Å². The van der Waals surface area contributed by atoms with Crippen molar-refractivity contribution < 1.29 is 0 Å². The quantitative estimate of drug-likeness (QED) is 0.124. The molecule has 2 unspecified atom stereocenters. The molecule has 72 heavy (non-hydrogen) atoms. The van der Waals surface area contributed by atoms with Gasteiger partial charge in [0, 0.05) is 46.0 Å². The van der Waals surface area contributed by atoms with Gasteiger partial charge in [0.15, 0.2) is 0 Å². The summed E-state index contributed by atoms with van der Waals surface area (Å²) in [5, 5.41) is 0. The number of anilines is 5. The summed E-state index contributed by atoms with van der Waals surface area (Å²) in [7, 11) is 64.7. The van der Waals surface area contributed by atoms with Gasteiger partial charge in [-0.2, -0.15) is 0 Å². The molecule has 0 saturated carbocycles. The summed E-state index contributed by atoms with van der Waals surface area (Å²) in [5.74, 6) is 0.553. The third kappa shape index (κ3) is 9.94. The lowest BCUT2D eigenvalue weighted by Gasteiger charge is -2.33. The maximum absolute atomic E-state index is 6.69. The van der Waals surface area contributed by atoms with Gasteiger partial charge in [0.2, 0.25) is 0 Å². The molecule has 0 amide bonds. The summed E-state index contributed by atoms with van der Waals surface area (Å²) in [6.07, 6.45) is 22.6. The minimum absolute atomic E-state index is 0.133. The molecule has 7 aromatic rings. The molecule has 2 nitrogen and oxygen atoms in total. The second-order valence-corrected chi connectivity index (χ2v) is 18.1. The number of nitrogens with zero attached hydrogens (tertiary/aromatic N) is 2. The van der Waals surface area contributed by atoms with Crippen LogP contribution in [0.1, 0.15) is 41.4 Å². The molecular formula is C60H40B10N2. The summed E-state index contributed by atoms with van der Waals surface area (Å²) in [5.41, 5.74) is 13.7. The monoisotopic (exact) mass is 898 g/mol. The first kappa shape index (κ1) is 49.9. The molecule has 0 aromatic heterocycles. The van der Waals surface area contributed by atoms with E-state index in [1.54, 1.807) is 0 Å². The third-order valence-corrected chi connectivity index (χ3v) is 13.6. The van der Waals surface area contributed by atoms with E-state index in [2.05, 4.69) is 147 Å². The number of hydrogen-bond acceptors (Lipinski definition) is 2. The highest BCUT2D eigenvalue weighted by atomic mass is 15.2. The fourth-order valence-corrected chi connectivity index (χ4v) is 9.34. The van der Waals surface area contributed by atoms with E-state index >= 15 is 0 Å². The molecular weight excluding hydrogens is 857 g/mol. The lowest BCUT2D eigenvalue weighted by molar-refractivity contribution is 0.853. The smallest absolute Gasteiger partial charge is 0.115 e. The van der Waals surface area contributed by atoms with Crippen LogP contribution >= 0.6 is 0 Å². The largest absolute Gasteiger partial charge is 0.312 e. The van der Waals surface area contributed by atoms with Gasteiger partial charge in [0.25, 0.3) is 0 Å². The van der Waals surface area contributed by atoms with Crippen molar-refractivity contribution in [2.45, 2.75) is 24.7 Å². The summed E-state index contributed by atoms with van der Waals surface area (Å²) < 4.78 is 0. The van der Waals surface area contributed by atoms with Crippen molar-refractivity contribution in [1.82, 2.24) is 0 Å². The molecule has 12 heteroatoms. The molecule has 0 spiro atoms. The summed E-state index contributed by atoms with van der Waals surface area (Å²) in [4.78, 5) is 3.81. The molecule has 7 aromatic carbocycles. The standard InChI is InChI=1S/C60H40B10N2/c1-35(19-20-36(2)71(59-55(67)51(63)49(61)52(64)56(59)68)46-27-21-39(22-28-46)37-11-5-3-6-12-37)42-15-9-17-44(33-42)45-18-10-16-43(34-45)41-25-31-48(32-26-41)72(60-57(69)53(65)50(62)54(66)58(60)70)47-29-23-40(24-30-47)38-13-7-4-8-14-38/h3-11,13,15-34,37-38H,1-2,12,14H2/b20-19-. The van der Waals surface area contributed by atoms with E-state index in [9.17, 15) is 0 Å². The third-order valence-electron chi connectivity index (χ3n) is 13.6. The Labute approximate surface area is 439 Å². The van der Waals surface area contributed by atoms with Crippen molar-refractivity contribution in [2.24, 2.45) is 0 Å². The van der Waals surface area contributed by atoms with E-state index in [-0.39, 0.29) is 66.5 Å². The van der Waals surface area contributed by atoms with Crippen molar-refractivity contribution in [2.75, 3.05) is 9.80 Å². The topological polar surface area (TPSA) is 6.48 Å². The Hall–Kier alpha value is -7.03. The van der Waals surface area contributed by atoms with Gasteiger partial charge in [-0.1, -0.05) is 162 Å². The van der Waals surface area contributed by atoms with Crippen molar-refractivity contribution in [3.63, 3.8) is 0 Å². The fraction of sp³-hybridized carbons (Fsp3) is 0.0667. The van der Waals surface area contributed by atoms with Crippen LogP contribution in [0.25, 0.3) is 27.8 Å². The first-order valence-corrected chi connectivity index (χ1v) is 23.6. The molecule has 0 fully saturated rings. The van der Waals surface area contributed by atoms with Gasteiger partial charge in [-0.05, 0) is 112 Å². The molecule has 2 aliphatic carbocycles. The van der Waals surface area contributed by atoms with Gasteiger partial charge in [0.1, 0.15) is 78.5 Å². The predicted molar refractivity (Wildman–Crippen MR) is 319 cm³/mol. The van der Waals surface area contributed by atoms with Crippen molar-refractivity contribution >= 4 is 167 Å². The van der Waals surface area contributed by atoms with Crippen LogP contribution in [0.3, 0.4) is 0 Å². The summed E-state index contributed by atoms with van der Waals surface area (Å²) >= 11 is 0. The van der Waals surface area contributed by atoms with E-state index < -0.39 is 0 Å². The number of rotatable bonds is 13. The van der Waals surface area contributed by atoms with Crippen LogP contribution in [0.2, 0.25) is 0 Å². The molecule has 0 bridgehead atoms. The molecule has 0 aliphatic heterocycles. The van der Waals surface area contributed by atoms with Crippen LogP contribution < -0.4 is 64.4 Å². The molecule has 0 heterocycles. The molecule has 0 N–H and O–H groups in total. The van der Waals surface area contributed by atoms with E-state index in [1.165, 1.54) is 11.1 Å². The molecule has 2 atom stereocenters. The second-order valence-electron chi connectivity index (χ2n) is 18.1. The van der Waals surface area contributed by atoms with Crippen molar-refractivity contribution in [1.29, 1.82) is 0 Å². The summed E-state index contributed by atoms with van der Waals surface area (Å²) in [6.45, 7) is 8.90. The van der Waals surface area contributed by atoms with Crippen LogP contribution in [0.4, 0.5) is 28.4 Å². The lowest BCUT2D eigenvalue weighted by Crippen LogP contribution is -2.56.